The summed E-state index contributed by atoms with van der Waals surface area (Å²) in [4.78, 5) is 12.0. The van der Waals surface area contributed by atoms with E-state index in [1.165, 1.54) is 17.2 Å². The van der Waals surface area contributed by atoms with Crippen LogP contribution >= 0.6 is 0 Å². The van der Waals surface area contributed by atoms with Crippen LogP contribution in [-0.4, -0.2) is 12.0 Å². The van der Waals surface area contributed by atoms with Crippen LogP contribution in [0.25, 0.3) is 5.57 Å². The van der Waals surface area contributed by atoms with Crippen molar-refractivity contribution in [3.63, 3.8) is 0 Å². The average molecular weight is 403 g/mol. The van der Waals surface area contributed by atoms with E-state index in [0.29, 0.717) is 12.0 Å². The summed E-state index contributed by atoms with van der Waals surface area (Å²) in [5, 5.41) is 0. The topological polar surface area (TPSA) is 17.1 Å². The molecule has 0 saturated carbocycles. The van der Waals surface area contributed by atoms with Crippen LogP contribution in [0.1, 0.15) is 56.7 Å². The smallest absolute Gasteiger partial charge is 0.284 e. The van der Waals surface area contributed by atoms with Gasteiger partial charge >= 0.3 is 6.18 Å². The van der Waals surface area contributed by atoms with E-state index in [0.717, 1.165) is 12.8 Å². The molecule has 156 valence electrons. The number of aryl methyl sites for hydroxylation is 1. The van der Waals surface area contributed by atoms with E-state index >= 15 is 0 Å². The Morgan fingerprint density at radius 2 is 1.59 bits per heavy atom. The van der Waals surface area contributed by atoms with Gasteiger partial charge in [0.05, 0.1) is 0 Å². The fourth-order valence-corrected chi connectivity index (χ4v) is 3.95. The number of hydrogen-bond donors (Lipinski definition) is 0. The van der Waals surface area contributed by atoms with Gasteiger partial charge in [-0.05, 0) is 47.8 Å². The molecule has 0 spiro atoms. The second-order valence-electron chi connectivity index (χ2n) is 8.22. The lowest BCUT2D eigenvalue weighted by molar-refractivity contribution is -0.164. The Hall–Kier alpha value is -2.36. The molecule has 0 fully saturated rings. The molecule has 29 heavy (non-hydrogen) atoms. The Bertz CT molecular complexity index is 848. The van der Waals surface area contributed by atoms with Gasteiger partial charge in [0.1, 0.15) is 0 Å². The van der Waals surface area contributed by atoms with Crippen LogP contribution in [0, 0.1) is 12.8 Å². The maximum absolute atomic E-state index is 13.1. The van der Waals surface area contributed by atoms with E-state index in [-0.39, 0.29) is 16.9 Å². The molecule has 1 unspecified atom stereocenters. The predicted octanol–water partition coefficient (Wildman–Crippen LogP) is 7.29. The number of carbonyl (C=O) groups excluding carboxylic acids is 1. The normalized spacial score (nSPS) is 14.0. The number of allylic oxidation sites excluding steroid dienone is 2. The van der Waals surface area contributed by atoms with Gasteiger partial charge in [-0.1, -0.05) is 87.9 Å². The predicted molar refractivity (Wildman–Crippen MR) is 113 cm³/mol. The number of carbonyl (C=O) groups is 1. The highest BCUT2D eigenvalue weighted by atomic mass is 19.4. The standard InChI is InChI=1S/C25H29F3O/c1-5-19(17-24(3,4)22-14-10-9-11-18(22)2)15-16-21(23(29)25(26,27)28)20-12-7-6-8-13-20/h6-14,16,19H,5,15,17H2,1-4H3/b21-16-. The molecular formula is C25H29F3O. The van der Waals surface area contributed by atoms with Crippen LogP contribution in [0.3, 0.4) is 0 Å². The van der Waals surface area contributed by atoms with Crippen molar-refractivity contribution < 1.29 is 18.0 Å². The zero-order chi connectivity index (χ0) is 21.7. The maximum atomic E-state index is 13.1. The van der Waals surface area contributed by atoms with Crippen LogP contribution in [0.5, 0.6) is 0 Å². The van der Waals surface area contributed by atoms with Gasteiger partial charge in [0.2, 0.25) is 0 Å². The minimum absolute atomic E-state index is 0.110. The lowest BCUT2D eigenvalue weighted by Crippen LogP contribution is -2.25. The van der Waals surface area contributed by atoms with Crippen molar-refractivity contribution in [1.29, 1.82) is 0 Å². The van der Waals surface area contributed by atoms with Crippen LogP contribution in [0.2, 0.25) is 0 Å². The summed E-state index contributed by atoms with van der Waals surface area (Å²) in [5.74, 6) is -1.61. The summed E-state index contributed by atoms with van der Waals surface area (Å²) in [7, 11) is 0. The van der Waals surface area contributed by atoms with Gasteiger partial charge in [0.25, 0.3) is 5.78 Å². The summed E-state index contributed by atoms with van der Waals surface area (Å²) in [6.45, 7) is 8.45. The molecule has 0 heterocycles. The Morgan fingerprint density at radius 1 is 1.00 bits per heavy atom. The number of benzene rings is 2. The molecule has 0 N–H and O–H groups in total. The van der Waals surface area contributed by atoms with Crippen molar-refractivity contribution >= 4 is 11.4 Å². The zero-order valence-corrected chi connectivity index (χ0v) is 17.5. The molecule has 4 heteroatoms. The molecule has 0 aliphatic heterocycles. The van der Waals surface area contributed by atoms with Gasteiger partial charge in [-0.25, -0.2) is 0 Å². The Morgan fingerprint density at radius 3 is 2.14 bits per heavy atom. The fraction of sp³-hybridized carbons (Fsp3) is 0.400. The second kappa shape index (κ2) is 9.43. The first-order chi connectivity index (χ1) is 13.6. The van der Waals surface area contributed by atoms with E-state index in [1.807, 2.05) is 19.1 Å². The summed E-state index contributed by atoms with van der Waals surface area (Å²) >= 11 is 0. The first-order valence-corrected chi connectivity index (χ1v) is 9.99. The van der Waals surface area contributed by atoms with E-state index in [2.05, 4.69) is 32.9 Å². The van der Waals surface area contributed by atoms with Gasteiger partial charge in [0.15, 0.2) is 0 Å². The van der Waals surface area contributed by atoms with Gasteiger partial charge in [-0.15, -0.1) is 0 Å². The number of alkyl halides is 3. The molecule has 2 rings (SSSR count). The van der Waals surface area contributed by atoms with Crippen molar-refractivity contribution in [1.82, 2.24) is 0 Å². The quantitative estimate of drug-likeness (QED) is 0.424. The van der Waals surface area contributed by atoms with Crippen molar-refractivity contribution in [2.45, 2.75) is 58.5 Å². The summed E-state index contributed by atoms with van der Waals surface area (Å²) in [6, 6.07) is 16.3. The van der Waals surface area contributed by atoms with Crippen molar-refractivity contribution in [3.05, 3.63) is 77.4 Å². The first kappa shape index (κ1) is 22.9. The Balaban J connectivity index is 2.28. The highest BCUT2D eigenvalue weighted by Crippen LogP contribution is 2.36. The van der Waals surface area contributed by atoms with Gasteiger partial charge in [0, 0.05) is 5.57 Å². The van der Waals surface area contributed by atoms with Crippen molar-refractivity contribution in [2.24, 2.45) is 5.92 Å². The number of hydrogen-bond acceptors (Lipinski definition) is 1. The number of Topliss-reactive ketones (excluding diaryl/α,β-unsaturated/α-hetero) is 1. The third-order valence-corrected chi connectivity index (χ3v) is 5.49. The molecule has 1 nitrogen and oxygen atoms in total. The van der Waals surface area contributed by atoms with Crippen LogP contribution in [0.15, 0.2) is 60.7 Å². The van der Waals surface area contributed by atoms with Crippen molar-refractivity contribution in [3.8, 4) is 0 Å². The van der Waals surface area contributed by atoms with E-state index < -0.39 is 12.0 Å². The van der Waals surface area contributed by atoms with Gasteiger partial charge < -0.3 is 0 Å². The summed E-state index contributed by atoms with van der Waals surface area (Å²) < 4.78 is 39.4. The summed E-state index contributed by atoms with van der Waals surface area (Å²) in [6.07, 6.45) is -1.32. The minimum atomic E-state index is -4.89. The molecule has 1 atom stereocenters. The number of halogens is 3. The van der Waals surface area contributed by atoms with Crippen LogP contribution in [-0.2, 0) is 10.2 Å². The zero-order valence-electron chi connectivity index (χ0n) is 17.5. The van der Waals surface area contributed by atoms with E-state index in [9.17, 15) is 18.0 Å². The molecular weight excluding hydrogens is 373 g/mol. The average Bonchev–Trinajstić information content (AvgIpc) is 2.67. The maximum Gasteiger partial charge on any atom is 0.454 e. The Labute approximate surface area is 171 Å². The Kier molecular flexibility index (Phi) is 7.45. The fourth-order valence-electron chi connectivity index (χ4n) is 3.95. The molecule has 0 aliphatic carbocycles. The van der Waals surface area contributed by atoms with E-state index in [1.54, 1.807) is 30.3 Å². The third kappa shape index (κ3) is 6.06. The molecule has 0 saturated heterocycles. The number of ketones is 1. The minimum Gasteiger partial charge on any atom is -0.284 e. The molecule has 0 aliphatic rings. The third-order valence-electron chi connectivity index (χ3n) is 5.49. The molecule has 0 aromatic heterocycles. The first-order valence-electron chi connectivity index (χ1n) is 9.99. The highest BCUT2D eigenvalue weighted by molar-refractivity contribution is 6.23. The van der Waals surface area contributed by atoms with Gasteiger partial charge in [-0.3, -0.25) is 4.79 Å². The molecule has 2 aromatic rings. The summed E-state index contributed by atoms with van der Waals surface area (Å²) in [5.41, 5.74) is 2.39. The van der Waals surface area contributed by atoms with Crippen molar-refractivity contribution in [2.75, 3.05) is 0 Å². The lowest BCUT2D eigenvalue weighted by atomic mass is 9.74. The SMILES string of the molecule is CCC(C/C=C(\C(=O)C(F)(F)F)c1ccccc1)CC(C)(C)c1ccccc1C. The van der Waals surface area contributed by atoms with Crippen LogP contribution < -0.4 is 0 Å². The van der Waals surface area contributed by atoms with Gasteiger partial charge in [-0.2, -0.15) is 13.2 Å². The molecule has 0 bridgehead atoms. The lowest BCUT2D eigenvalue weighted by Gasteiger charge is -2.31. The molecule has 0 amide bonds. The van der Waals surface area contributed by atoms with Crippen LogP contribution in [0.4, 0.5) is 13.2 Å². The molecule has 0 radical (unpaired) electrons. The number of rotatable bonds is 8. The van der Waals surface area contributed by atoms with E-state index in [4.69, 9.17) is 0 Å². The monoisotopic (exact) mass is 402 g/mol. The highest BCUT2D eigenvalue weighted by Gasteiger charge is 2.41. The largest absolute Gasteiger partial charge is 0.454 e. The molecule has 2 aromatic carbocycles. The second-order valence-corrected chi connectivity index (χ2v) is 8.22.